The highest BCUT2D eigenvalue weighted by atomic mass is 35.5. The number of carbonyl (C=O) groups is 1. The number of halogens is 2. The summed E-state index contributed by atoms with van der Waals surface area (Å²) < 4.78 is 27.8. The van der Waals surface area contributed by atoms with Crippen LogP contribution in [0.1, 0.15) is 28.8 Å². The predicted octanol–water partition coefficient (Wildman–Crippen LogP) is 4.34. The van der Waals surface area contributed by atoms with Gasteiger partial charge in [0.25, 0.3) is 15.9 Å². The van der Waals surface area contributed by atoms with Crippen LogP contribution in [0.2, 0.25) is 10.0 Å². The summed E-state index contributed by atoms with van der Waals surface area (Å²) in [6, 6.07) is 9.03. The van der Waals surface area contributed by atoms with Crippen LogP contribution in [0.3, 0.4) is 0 Å². The van der Waals surface area contributed by atoms with Gasteiger partial charge in [-0.1, -0.05) is 29.3 Å². The number of nitrogens with zero attached hydrogens (tertiary/aromatic N) is 1. The summed E-state index contributed by atoms with van der Waals surface area (Å²) in [5.74, 6) is -0.133. The lowest BCUT2D eigenvalue weighted by Gasteiger charge is -2.17. The first kappa shape index (κ1) is 19.0. The Kier molecular flexibility index (Phi) is 5.46. The summed E-state index contributed by atoms with van der Waals surface area (Å²) in [6.07, 6.45) is 1.95. The van der Waals surface area contributed by atoms with E-state index >= 15 is 0 Å². The van der Waals surface area contributed by atoms with Crippen molar-refractivity contribution in [1.29, 1.82) is 0 Å². The second-order valence-electron chi connectivity index (χ2n) is 6.21. The van der Waals surface area contributed by atoms with E-state index in [1.54, 1.807) is 17.9 Å². The first-order valence-corrected chi connectivity index (χ1v) is 10.4. The molecule has 0 atom stereocenters. The lowest BCUT2D eigenvalue weighted by molar-refractivity contribution is 0.0792. The van der Waals surface area contributed by atoms with Crippen LogP contribution in [0.25, 0.3) is 0 Å². The van der Waals surface area contributed by atoms with Crippen LogP contribution in [0.4, 0.5) is 5.69 Å². The first-order chi connectivity index (χ1) is 12.3. The minimum absolute atomic E-state index is 0.0247. The van der Waals surface area contributed by atoms with Gasteiger partial charge in [0.15, 0.2) is 0 Å². The summed E-state index contributed by atoms with van der Waals surface area (Å²) in [7, 11) is -3.86. The number of anilines is 1. The van der Waals surface area contributed by atoms with Gasteiger partial charge in [0.1, 0.15) is 0 Å². The van der Waals surface area contributed by atoms with Crippen LogP contribution in [0.5, 0.6) is 0 Å². The Hall–Kier alpha value is -1.76. The van der Waals surface area contributed by atoms with E-state index in [2.05, 4.69) is 4.72 Å². The van der Waals surface area contributed by atoms with Crippen molar-refractivity contribution in [2.24, 2.45) is 0 Å². The first-order valence-electron chi connectivity index (χ1n) is 8.16. The third-order valence-electron chi connectivity index (χ3n) is 4.31. The second kappa shape index (κ2) is 7.47. The van der Waals surface area contributed by atoms with Gasteiger partial charge >= 0.3 is 0 Å². The number of benzene rings is 2. The Morgan fingerprint density at radius 2 is 1.73 bits per heavy atom. The van der Waals surface area contributed by atoms with E-state index in [9.17, 15) is 13.2 Å². The number of rotatable bonds is 4. The minimum atomic E-state index is -3.86. The highest BCUT2D eigenvalue weighted by molar-refractivity contribution is 7.92. The van der Waals surface area contributed by atoms with Gasteiger partial charge in [-0.2, -0.15) is 0 Å². The molecule has 1 aliphatic heterocycles. The number of sulfonamides is 1. The van der Waals surface area contributed by atoms with Crippen LogP contribution in [0.15, 0.2) is 41.3 Å². The number of likely N-dealkylation sites (tertiary alicyclic amines) is 1. The van der Waals surface area contributed by atoms with E-state index in [0.717, 1.165) is 18.4 Å². The third-order valence-corrected chi connectivity index (χ3v) is 6.43. The van der Waals surface area contributed by atoms with Crippen molar-refractivity contribution < 1.29 is 13.2 Å². The van der Waals surface area contributed by atoms with Crippen molar-refractivity contribution in [3.8, 4) is 0 Å². The molecule has 1 fully saturated rings. The maximum atomic E-state index is 12.7. The van der Waals surface area contributed by atoms with Crippen LogP contribution in [0, 0.1) is 6.92 Å². The monoisotopic (exact) mass is 412 g/mol. The molecule has 0 unspecified atom stereocenters. The average molecular weight is 413 g/mol. The molecule has 0 aliphatic carbocycles. The molecule has 2 aromatic rings. The molecular weight excluding hydrogens is 395 g/mol. The smallest absolute Gasteiger partial charge is 0.261 e. The lowest BCUT2D eigenvalue weighted by Crippen LogP contribution is -2.28. The summed E-state index contributed by atoms with van der Waals surface area (Å²) >= 11 is 11.8. The number of carbonyl (C=O) groups excluding carboxylic acids is 1. The van der Waals surface area contributed by atoms with Gasteiger partial charge < -0.3 is 4.90 Å². The van der Waals surface area contributed by atoms with Crippen molar-refractivity contribution >= 4 is 44.8 Å². The highest BCUT2D eigenvalue weighted by Crippen LogP contribution is 2.27. The maximum Gasteiger partial charge on any atom is 0.261 e. The average Bonchev–Trinajstić information content (AvgIpc) is 3.12. The molecule has 0 saturated carbocycles. The van der Waals surface area contributed by atoms with E-state index in [-0.39, 0.29) is 15.8 Å². The summed E-state index contributed by atoms with van der Waals surface area (Å²) in [5.41, 5.74) is 1.45. The summed E-state index contributed by atoms with van der Waals surface area (Å²) in [6.45, 7) is 3.21. The molecule has 5 nitrogen and oxygen atoms in total. The Morgan fingerprint density at radius 1 is 1.04 bits per heavy atom. The number of amides is 1. The molecule has 1 saturated heterocycles. The zero-order valence-corrected chi connectivity index (χ0v) is 16.5. The molecule has 1 N–H and O–H groups in total. The van der Waals surface area contributed by atoms with Crippen molar-refractivity contribution in [2.45, 2.75) is 24.7 Å². The van der Waals surface area contributed by atoms with Crippen molar-refractivity contribution in [3.05, 3.63) is 57.6 Å². The van der Waals surface area contributed by atoms with E-state index in [4.69, 9.17) is 23.2 Å². The Morgan fingerprint density at radius 3 is 2.38 bits per heavy atom. The number of hydrogen-bond donors (Lipinski definition) is 1. The van der Waals surface area contributed by atoms with E-state index in [1.807, 2.05) is 0 Å². The molecule has 0 aromatic heterocycles. The molecule has 138 valence electrons. The Labute approximate surface area is 163 Å². The summed E-state index contributed by atoms with van der Waals surface area (Å²) in [4.78, 5) is 14.4. The van der Waals surface area contributed by atoms with Gasteiger partial charge in [0.2, 0.25) is 0 Å². The fraction of sp³-hybridized carbons (Fsp3) is 0.278. The normalized spacial score (nSPS) is 14.5. The third kappa shape index (κ3) is 3.98. The van der Waals surface area contributed by atoms with E-state index in [0.29, 0.717) is 29.4 Å². The van der Waals surface area contributed by atoms with E-state index < -0.39 is 10.0 Å². The predicted molar refractivity (Wildman–Crippen MR) is 104 cm³/mol. The molecule has 1 amide bonds. The van der Waals surface area contributed by atoms with Gasteiger partial charge in [-0.25, -0.2) is 8.42 Å². The molecule has 3 rings (SSSR count). The van der Waals surface area contributed by atoms with Gasteiger partial charge in [0, 0.05) is 18.7 Å². The molecule has 26 heavy (non-hydrogen) atoms. The second-order valence-corrected chi connectivity index (χ2v) is 8.71. The Balaban J connectivity index is 1.91. The topological polar surface area (TPSA) is 66.5 Å². The molecule has 1 heterocycles. The highest BCUT2D eigenvalue weighted by Gasteiger charge is 2.23. The van der Waals surface area contributed by atoms with Crippen molar-refractivity contribution in [2.75, 3.05) is 17.8 Å². The minimum Gasteiger partial charge on any atom is -0.339 e. The van der Waals surface area contributed by atoms with Gasteiger partial charge in [0.05, 0.1) is 20.6 Å². The zero-order valence-electron chi connectivity index (χ0n) is 14.1. The number of hydrogen-bond acceptors (Lipinski definition) is 3. The van der Waals surface area contributed by atoms with Crippen molar-refractivity contribution in [1.82, 2.24) is 4.90 Å². The van der Waals surface area contributed by atoms with Crippen LogP contribution in [-0.2, 0) is 10.0 Å². The fourth-order valence-electron chi connectivity index (χ4n) is 2.86. The number of nitrogens with one attached hydrogen (secondary N) is 1. The molecule has 0 radical (unpaired) electrons. The zero-order chi connectivity index (χ0) is 18.9. The largest absolute Gasteiger partial charge is 0.339 e. The molecule has 0 bridgehead atoms. The quantitative estimate of drug-likeness (QED) is 0.811. The standard InChI is InChI=1S/C18H18Cl2N2O3S/c1-12-4-6-14(11-15(12)18(23)22-8-2-3-9-22)26(24,25)21-13-5-7-16(19)17(20)10-13/h4-7,10-11,21H,2-3,8-9H2,1H3. The molecule has 8 heteroatoms. The lowest BCUT2D eigenvalue weighted by atomic mass is 10.1. The molecule has 2 aromatic carbocycles. The molecule has 0 spiro atoms. The Bertz CT molecular complexity index is 955. The van der Waals surface area contributed by atoms with Crippen molar-refractivity contribution in [3.63, 3.8) is 0 Å². The van der Waals surface area contributed by atoms with Crippen LogP contribution >= 0.6 is 23.2 Å². The maximum absolute atomic E-state index is 12.7. The van der Waals surface area contributed by atoms with Crippen LogP contribution in [-0.4, -0.2) is 32.3 Å². The van der Waals surface area contributed by atoms with E-state index in [1.165, 1.54) is 30.3 Å². The summed E-state index contributed by atoms with van der Waals surface area (Å²) in [5, 5.41) is 0.587. The molecule has 1 aliphatic rings. The van der Waals surface area contributed by atoms with Gasteiger partial charge in [-0.15, -0.1) is 0 Å². The fourth-order valence-corrected chi connectivity index (χ4v) is 4.24. The molecular formula is C18H18Cl2N2O3S. The number of aryl methyl sites for hydroxylation is 1. The van der Waals surface area contributed by atoms with Crippen LogP contribution < -0.4 is 4.72 Å². The van der Waals surface area contributed by atoms with Gasteiger partial charge in [-0.05, 0) is 55.7 Å². The van der Waals surface area contributed by atoms with Gasteiger partial charge in [-0.3, -0.25) is 9.52 Å². The SMILES string of the molecule is Cc1ccc(S(=O)(=O)Nc2ccc(Cl)c(Cl)c2)cc1C(=O)N1CCCC1.